The van der Waals surface area contributed by atoms with E-state index in [1.165, 1.54) is 28.6 Å². The lowest BCUT2D eigenvalue weighted by Gasteiger charge is -2.06. The molecule has 0 saturated heterocycles. The molecule has 0 fully saturated rings. The van der Waals surface area contributed by atoms with Gasteiger partial charge in [0, 0.05) is 5.75 Å². The van der Waals surface area contributed by atoms with E-state index in [0.29, 0.717) is 29.1 Å². The van der Waals surface area contributed by atoms with Crippen molar-refractivity contribution in [2.45, 2.75) is 12.1 Å². The van der Waals surface area contributed by atoms with Crippen LogP contribution >= 0.6 is 11.8 Å². The van der Waals surface area contributed by atoms with Gasteiger partial charge in [-0.3, -0.25) is 4.79 Å². The Labute approximate surface area is 166 Å². The molecule has 0 aliphatic heterocycles. The molecular weight excluding hydrogens is 376 g/mol. The zero-order valence-corrected chi connectivity index (χ0v) is 16.1. The second-order valence-electron chi connectivity index (χ2n) is 5.75. The fraction of sp³-hybridized carbons (Fsp3) is 0.150. The Hall–Kier alpha value is -3.26. The molecule has 1 aromatic carbocycles. The van der Waals surface area contributed by atoms with Crippen LogP contribution in [-0.4, -0.2) is 33.0 Å². The highest BCUT2D eigenvalue weighted by Crippen LogP contribution is 2.16. The Morgan fingerprint density at radius 1 is 1.21 bits per heavy atom. The molecule has 0 amide bonds. The van der Waals surface area contributed by atoms with Gasteiger partial charge in [0.15, 0.2) is 5.78 Å². The number of aromatic nitrogens is 3. The minimum Gasteiger partial charge on any atom is -0.493 e. The van der Waals surface area contributed by atoms with Gasteiger partial charge in [0.2, 0.25) is 5.16 Å². The highest BCUT2D eigenvalue weighted by molar-refractivity contribution is 7.99. The number of ether oxygens (including phenoxy) is 1. The van der Waals surface area contributed by atoms with Gasteiger partial charge < -0.3 is 15.0 Å². The first-order valence-electron chi connectivity index (χ1n) is 8.58. The fourth-order valence-electron chi connectivity index (χ4n) is 2.20. The minimum atomic E-state index is -0.114. The molecule has 0 spiro atoms. The number of thioether (sulfide) groups is 1. The second kappa shape index (κ2) is 9.61. The zero-order valence-electron chi connectivity index (χ0n) is 15.3. The van der Waals surface area contributed by atoms with Crippen molar-refractivity contribution in [2.24, 2.45) is 0 Å². The minimum absolute atomic E-state index is 0.114. The van der Waals surface area contributed by atoms with E-state index < -0.39 is 0 Å². The van der Waals surface area contributed by atoms with Crippen LogP contribution in [0.3, 0.4) is 0 Å². The van der Waals surface area contributed by atoms with E-state index in [4.69, 9.17) is 15.0 Å². The van der Waals surface area contributed by atoms with Crippen molar-refractivity contribution in [3.63, 3.8) is 0 Å². The van der Waals surface area contributed by atoms with Gasteiger partial charge in [-0.2, -0.15) is 0 Å². The summed E-state index contributed by atoms with van der Waals surface area (Å²) in [5, 5.41) is 8.55. The average molecular weight is 396 g/mol. The van der Waals surface area contributed by atoms with Crippen molar-refractivity contribution >= 4 is 29.7 Å². The van der Waals surface area contributed by atoms with Crippen LogP contribution in [0, 0.1) is 6.92 Å². The number of benzene rings is 1. The van der Waals surface area contributed by atoms with Crippen LogP contribution in [0.1, 0.15) is 17.1 Å². The first-order chi connectivity index (χ1) is 13.6. The van der Waals surface area contributed by atoms with Crippen molar-refractivity contribution in [3.8, 4) is 5.75 Å². The van der Waals surface area contributed by atoms with Crippen molar-refractivity contribution < 1.29 is 13.9 Å². The SMILES string of the molecule is Cc1nnc(SCCOc2ccc(C=CC(=O)C=Cc3ccco3)cc2)n1N. The number of hydrogen-bond acceptors (Lipinski definition) is 7. The molecule has 28 heavy (non-hydrogen) atoms. The third-order valence-electron chi connectivity index (χ3n) is 3.69. The van der Waals surface area contributed by atoms with Crippen molar-refractivity contribution in [1.82, 2.24) is 14.9 Å². The summed E-state index contributed by atoms with van der Waals surface area (Å²) in [4.78, 5) is 11.8. The van der Waals surface area contributed by atoms with Gasteiger partial charge in [-0.15, -0.1) is 10.2 Å². The predicted octanol–water partition coefficient (Wildman–Crippen LogP) is 3.36. The summed E-state index contributed by atoms with van der Waals surface area (Å²) in [6.45, 7) is 2.31. The van der Waals surface area contributed by atoms with Crippen LogP contribution in [0.25, 0.3) is 12.2 Å². The standard InChI is InChI=1S/C20H20N4O3S/c1-15-22-23-20(24(15)21)28-14-13-27-19-9-5-16(6-10-19)4-7-17(25)8-11-18-3-2-12-26-18/h2-12H,13-14,21H2,1H3. The summed E-state index contributed by atoms with van der Waals surface area (Å²) in [5.74, 6) is 8.45. The summed E-state index contributed by atoms with van der Waals surface area (Å²) in [5.41, 5.74) is 0.910. The molecule has 2 heterocycles. The van der Waals surface area contributed by atoms with Crippen LogP contribution in [0.4, 0.5) is 0 Å². The molecular formula is C20H20N4O3S. The van der Waals surface area contributed by atoms with Crippen LogP contribution < -0.4 is 10.6 Å². The topological polar surface area (TPSA) is 96.2 Å². The molecule has 3 rings (SSSR count). The highest BCUT2D eigenvalue weighted by atomic mass is 32.2. The Kier molecular flexibility index (Phi) is 6.69. The molecule has 0 unspecified atom stereocenters. The summed E-state index contributed by atoms with van der Waals surface area (Å²) in [6, 6.07) is 11.1. The molecule has 0 bridgehead atoms. The molecule has 8 heteroatoms. The molecule has 7 nitrogen and oxygen atoms in total. The number of aryl methyl sites for hydroxylation is 1. The van der Waals surface area contributed by atoms with Crippen molar-refractivity contribution in [2.75, 3.05) is 18.2 Å². The summed E-state index contributed by atoms with van der Waals surface area (Å²) >= 11 is 1.48. The number of carbonyl (C=O) groups is 1. The molecule has 0 aliphatic carbocycles. The first-order valence-corrected chi connectivity index (χ1v) is 9.57. The number of rotatable bonds is 9. The maximum Gasteiger partial charge on any atom is 0.209 e. The summed E-state index contributed by atoms with van der Waals surface area (Å²) in [7, 11) is 0. The molecule has 2 aromatic heterocycles. The van der Waals surface area contributed by atoms with Crippen LogP contribution in [0.15, 0.2) is 64.4 Å². The van der Waals surface area contributed by atoms with E-state index in [2.05, 4.69) is 10.2 Å². The third kappa shape index (κ3) is 5.62. The summed E-state index contributed by atoms with van der Waals surface area (Å²) < 4.78 is 12.3. The van der Waals surface area contributed by atoms with Gasteiger partial charge in [-0.25, -0.2) is 4.68 Å². The largest absolute Gasteiger partial charge is 0.493 e. The van der Waals surface area contributed by atoms with Crippen LogP contribution in [0.5, 0.6) is 5.75 Å². The van der Waals surface area contributed by atoms with E-state index in [1.807, 2.05) is 24.3 Å². The molecule has 0 radical (unpaired) electrons. The summed E-state index contributed by atoms with van der Waals surface area (Å²) in [6.07, 6.45) is 7.93. The molecule has 144 valence electrons. The smallest absolute Gasteiger partial charge is 0.209 e. The number of nitrogen functional groups attached to an aromatic ring is 1. The Morgan fingerprint density at radius 3 is 2.68 bits per heavy atom. The number of hydrogen-bond donors (Lipinski definition) is 1. The fourth-order valence-corrected chi connectivity index (χ4v) is 2.92. The first kappa shape index (κ1) is 19.5. The van der Waals surface area contributed by atoms with Gasteiger partial charge >= 0.3 is 0 Å². The van der Waals surface area contributed by atoms with Gasteiger partial charge in [-0.1, -0.05) is 30.0 Å². The van der Waals surface area contributed by atoms with E-state index in [-0.39, 0.29) is 5.78 Å². The quantitative estimate of drug-likeness (QED) is 0.256. The van der Waals surface area contributed by atoms with Crippen molar-refractivity contribution in [1.29, 1.82) is 0 Å². The lowest BCUT2D eigenvalue weighted by Crippen LogP contribution is -2.12. The number of carbonyl (C=O) groups excluding carboxylic acids is 1. The van der Waals surface area contributed by atoms with E-state index in [0.717, 1.165) is 11.3 Å². The molecule has 0 atom stereocenters. The van der Waals surface area contributed by atoms with Crippen molar-refractivity contribution in [3.05, 3.63) is 72.0 Å². The van der Waals surface area contributed by atoms with Crippen LogP contribution in [-0.2, 0) is 4.79 Å². The van der Waals surface area contributed by atoms with E-state index >= 15 is 0 Å². The van der Waals surface area contributed by atoms with E-state index in [9.17, 15) is 4.79 Å². The number of nitrogens with zero attached hydrogens (tertiary/aromatic N) is 3. The zero-order chi connectivity index (χ0) is 19.8. The number of furan rings is 1. The Balaban J connectivity index is 1.42. The van der Waals surface area contributed by atoms with E-state index in [1.54, 1.807) is 37.5 Å². The molecule has 3 aromatic rings. The van der Waals surface area contributed by atoms with Gasteiger partial charge in [0.05, 0.1) is 12.9 Å². The normalized spacial score (nSPS) is 11.5. The molecule has 2 N–H and O–H groups in total. The van der Waals surface area contributed by atoms with Crippen LogP contribution in [0.2, 0.25) is 0 Å². The highest BCUT2D eigenvalue weighted by Gasteiger charge is 2.05. The lowest BCUT2D eigenvalue weighted by atomic mass is 10.2. The molecule has 0 saturated carbocycles. The Morgan fingerprint density at radius 2 is 2.00 bits per heavy atom. The van der Waals surface area contributed by atoms with Gasteiger partial charge in [-0.05, 0) is 55.0 Å². The second-order valence-corrected chi connectivity index (χ2v) is 6.81. The maximum absolute atomic E-state index is 11.8. The average Bonchev–Trinajstić information content (AvgIpc) is 3.34. The predicted molar refractivity (Wildman–Crippen MR) is 109 cm³/mol. The Bertz CT molecular complexity index is 960. The number of ketones is 1. The van der Waals surface area contributed by atoms with Gasteiger partial charge in [0.1, 0.15) is 17.3 Å². The number of allylic oxidation sites excluding steroid dienone is 2. The monoisotopic (exact) mass is 396 g/mol. The van der Waals surface area contributed by atoms with Gasteiger partial charge in [0.25, 0.3) is 0 Å². The molecule has 0 aliphatic rings. The third-order valence-corrected chi connectivity index (χ3v) is 4.60. The number of nitrogens with two attached hydrogens (primary N) is 1. The lowest BCUT2D eigenvalue weighted by molar-refractivity contribution is -0.110. The maximum atomic E-state index is 11.8.